The van der Waals surface area contributed by atoms with E-state index < -0.39 is 11.8 Å². The maximum absolute atomic E-state index is 12.6. The van der Waals surface area contributed by atoms with E-state index in [0.717, 1.165) is 42.5 Å². The number of H-pyrrole nitrogens is 1. The number of likely N-dealkylation sites (tertiary alicyclic amines) is 1. The summed E-state index contributed by atoms with van der Waals surface area (Å²) in [5.74, 6) is -1.05. The van der Waals surface area contributed by atoms with E-state index in [9.17, 15) is 9.59 Å². The van der Waals surface area contributed by atoms with Crippen molar-refractivity contribution in [2.45, 2.75) is 25.6 Å². The Labute approximate surface area is 169 Å². The molecule has 1 aliphatic rings. The highest BCUT2D eigenvalue weighted by Gasteiger charge is 2.27. The molecule has 7 nitrogen and oxygen atoms in total. The molecule has 2 aromatic heterocycles. The fourth-order valence-electron chi connectivity index (χ4n) is 3.87. The monoisotopic (exact) mass is 391 g/mol. The standard InChI is InChI=1S/C22H25N5O2/c1-26(14-18-4-2-3-17-7-11-24-20(17)18)22(29)21(28)25-19-8-12-27(15-19)13-16-5-9-23-10-6-16/h2-7,9-11,19,24H,8,12-15H2,1H3,(H,25,28)/t19-/m0/s1. The van der Waals surface area contributed by atoms with Gasteiger partial charge in [0.15, 0.2) is 0 Å². The van der Waals surface area contributed by atoms with Crippen molar-refractivity contribution in [3.8, 4) is 0 Å². The van der Waals surface area contributed by atoms with Crippen LogP contribution in [0, 0.1) is 0 Å². The lowest BCUT2D eigenvalue weighted by molar-refractivity contribution is -0.145. The number of amides is 2. The van der Waals surface area contributed by atoms with Gasteiger partial charge in [0.2, 0.25) is 0 Å². The van der Waals surface area contributed by atoms with E-state index in [1.165, 1.54) is 10.5 Å². The van der Waals surface area contributed by atoms with Crippen LogP contribution < -0.4 is 5.32 Å². The van der Waals surface area contributed by atoms with Crippen molar-refractivity contribution in [3.05, 3.63) is 66.1 Å². The van der Waals surface area contributed by atoms with Crippen LogP contribution in [0.4, 0.5) is 0 Å². The van der Waals surface area contributed by atoms with E-state index in [1.807, 2.05) is 42.6 Å². The van der Waals surface area contributed by atoms with Crippen molar-refractivity contribution >= 4 is 22.7 Å². The van der Waals surface area contributed by atoms with Crippen LogP contribution in [-0.4, -0.2) is 57.8 Å². The number of hydrogen-bond acceptors (Lipinski definition) is 4. The maximum Gasteiger partial charge on any atom is 0.311 e. The maximum atomic E-state index is 12.6. The molecule has 3 heterocycles. The molecule has 150 valence electrons. The van der Waals surface area contributed by atoms with Crippen LogP contribution in [0.15, 0.2) is 55.0 Å². The number of nitrogens with one attached hydrogen (secondary N) is 2. The van der Waals surface area contributed by atoms with Gasteiger partial charge >= 0.3 is 11.8 Å². The van der Waals surface area contributed by atoms with Gasteiger partial charge in [0.25, 0.3) is 0 Å². The number of para-hydroxylation sites is 1. The number of hydrogen-bond donors (Lipinski definition) is 2. The first-order valence-corrected chi connectivity index (χ1v) is 9.82. The molecule has 1 atom stereocenters. The fourth-order valence-corrected chi connectivity index (χ4v) is 3.87. The van der Waals surface area contributed by atoms with Crippen LogP contribution in [0.2, 0.25) is 0 Å². The zero-order chi connectivity index (χ0) is 20.2. The second-order valence-electron chi connectivity index (χ2n) is 7.57. The third-order valence-corrected chi connectivity index (χ3v) is 5.39. The highest BCUT2D eigenvalue weighted by atomic mass is 16.2. The number of pyridine rings is 1. The molecular formula is C22H25N5O2. The van der Waals surface area contributed by atoms with Crippen LogP contribution in [-0.2, 0) is 22.7 Å². The molecule has 1 aromatic carbocycles. The number of carbonyl (C=O) groups is 2. The molecule has 1 aliphatic heterocycles. The molecular weight excluding hydrogens is 366 g/mol. The summed E-state index contributed by atoms with van der Waals surface area (Å²) in [5, 5.41) is 3.99. The first-order chi connectivity index (χ1) is 14.1. The van der Waals surface area contributed by atoms with Gasteiger partial charge in [-0.15, -0.1) is 0 Å². The predicted octanol–water partition coefficient (Wildman–Crippen LogP) is 1.91. The number of nitrogens with zero attached hydrogens (tertiary/aromatic N) is 3. The molecule has 0 aliphatic carbocycles. The second kappa shape index (κ2) is 8.45. The van der Waals surface area contributed by atoms with E-state index in [1.54, 1.807) is 19.4 Å². The summed E-state index contributed by atoms with van der Waals surface area (Å²) >= 11 is 0. The quantitative estimate of drug-likeness (QED) is 0.651. The molecule has 2 amide bonds. The normalized spacial score (nSPS) is 16.8. The lowest BCUT2D eigenvalue weighted by Crippen LogP contribution is -2.45. The number of aromatic nitrogens is 2. The Morgan fingerprint density at radius 3 is 2.90 bits per heavy atom. The van der Waals surface area contributed by atoms with Crippen LogP contribution in [0.3, 0.4) is 0 Å². The highest BCUT2D eigenvalue weighted by molar-refractivity contribution is 6.35. The molecule has 0 unspecified atom stereocenters. The third-order valence-electron chi connectivity index (χ3n) is 5.39. The molecule has 0 radical (unpaired) electrons. The summed E-state index contributed by atoms with van der Waals surface area (Å²) in [4.78, 5) is 36.0. The van der Waals surface area contributed by atoms with Crippen LogP contribution in [0.25, 0.3) is 10.9 Å². The van der Waals surface area contributed by atoms with Crippen molar-refractivity contribution < 1.29 is 9.59 Å². The predicted molar refractivity (Wildman–Crippen MR) is 111 cm³/mol. The Kier molecular flexibility index (Phi) is 5.57. The fraction of sp³-hybridized carbons (Fsp3) is 0.318. The number of carbonyl (C=O) groups excluding carboxylic acids is 2. The van der Waals surface area contributed by atoms with Crippen LogP contribution in [0.5, 0.6) is 0 Å². The van der Waals surface area contributed by atoms with Gasteiger partial charge < -0.3 is 15.2 Å². The van der Waals surface area contributed by atoms with E-state index in [2.05, 4.69) is 20.2 Å². The average molecular weight is 391 g/mol. The minimum absolute atomic E-state index is 0.00599. The van der Waals surface area contributed by atoms with Crippen molar-refractivity contribution in [1.82, 2.24) is 25.1 Å². The number of benzene rings is 1. The minimum Gasteiger partial charge on any atom is -0.361 e. The van der Waals surface area contributed by atoms with E-state index in [0.29, 0.717) is 6.54 Å². The second-order valence-corrected chi connectivity index (χ2v) is 7.57. The number of fused-ring (bicyclic) bond motifs is 1. The zero-order valence-electron chi connectivity index (χ0n) is 16.5. The summed E-state index contributed by atoms with van der Waals surface area (Å²) < 4.78 is 0. The van der Waals surface area contributed by atoms with Gasteiger partial charge in [0.1, 0.15) is 0 Å². The van der Waals surface area contributed by atoms with Gasteiger partial charge in [-0.05, 0) is 41.1 Å². The number of aromatic amines is 1. The van der Waals surface area contributed by atoms with Crippen molar-refractivity contribution in [3.63, 3.8) is 0 Å². The molecule has 1 fully saturated rings. The van der Waals surface area contributed by atoms with Gasteiger partial charge in [-0.1, -0.05) is 18.2 Å². The molecule has 0 spiro atoms. The lowest BCUT2D eigenvalue weighted by Gasteiger charge is -2.20. The average Bonchev–Trinajstić information content (AvgIpc) is 3.38. The Morgan fingerprint density at radius 2 is 2.07 bits per heavy atom. The molecule has 29 heavy (non-hydrogen) atoms. The summed E-state index contributed by atoms with van der Waals surface area (Å²) in [5.41, 5.74) is 3.18. The number of rotatable bonds is 5. The topological polar surface area (TPSA) is 81.3 Å². The molecule has 0 saturated carbocycles. The molecule has 4 rings (SSSR count). The van der Waals surface area contributed by atoms with Crippen LogP contribution >= 0.6 is 0 Å². The first-order valence-electron chi connectivity index (χ1n) is 9.82. The Morgan fingerprint density at radius 1 is 1.24 bits per heavy atom. The van der Waals surface area contributed by atoms with E-state index in [4.69, 9.17) is 0 Å². The van der Waals surface area contributed by atoms with Gasteiger partial charge in [0.05, 0.1) is 5.52 Å². The Hall–Kier alpha value is -3.19. The van der Waals surface area contributed by atoms with E-state index >= 15 is 0 Å². The van der Waals surface area contributed by atoms with E-state index in [-0.39, 0.29) is 6.04 Å². The van der Waals surface area contributed by atoms with Gasteiger partial charge in [-0.25, -0.2) is 0 Å². The molecule has 0 bridgehead atoms. The third kappa shape index (κ3) is 4.46. The zero-order valence-corrected chi connectivity index (χ0v) is 16.5. The molecule has 3 aromatic rings. The van der Waals surface area contributed by atoms with Gasteiger partial charge in [0, 0.05) is 57.9 Å². The minimum atomic E-state index is -0.540. The summed E-state index contributed by atoms with van der Waals surface area (Å²) in [6, 6.07) is 11.9. The highest BCUT2D eigenvalue weighted by Crippen LogP contribution is 2.18. The summed E-state index contributed by atoms with van der Waals surface area (Å²) in [6.07, 6.45) is 6.29. The largest absolute Gasteiger partial charge is 0.361 e. The SMILES string of the molecule is CN(Cc1cccc2cc[nH]c12)C(=O)C(=O)N[C@H]1CCN(Cc2ccncc2)C1. The van der Waals surface area contributed by atoms with Gasteiger partial charge in [-0.3, -0.25) is 19.5 Å². The summed E-state index contributed by atoms with van der Waals surface area (Å²) in [6.45, 7) is 2.84. The van der Waals surface area contributed by atoms with Crippen molar-refractivity contribution in [1.29, 1.82) is 0 Å². The molecule has 2 N–H and O–H groups in total. The summed E-state index contributed by atoms with van der Waals surface area (Å²) in [7, 11) is 1.66. The Bertz CT molecular complexity index is 1000. The lowest BCUT2D eigenvalue weighted by atomic mass is 10.1. The van der Waals surface area contributed by atoms with Crippen molar-refractivity contribution in [2.24, 2.45) is 0 Å². The molecule has 7 heteroatoms. The first kappa shape index (κ1) is 19.1. The van der Waals surface area contributed by atoms with Crippen molar-refractivity contribution in [2.75, 3.05) is 20.1 Å². The number of likely N-dealkylation sites (N-methyl/N-ethyl adjacent to an activating group) is 1. The smallest absolute Gasteiger partial charge is 0.311 e. The van der Waals surface area contributed by atoms with Gasteiger partial charge in [-0.2, -0.15) is 0 Å². The Balaban J connectivity index is 1.30. The van der Waals surface area contributed by atoms with Crippen LogP contribution in [0.1, 0.15) is 17.5 Å². The molecule has 1 saturated heterocycles.